The van der Waals surface area contributed by atoms with E-state index in [9.17, 15) is 4.79 Å². The third-order valence-electron chi connectivity index (χ3n) is 2.82. The molecule has 1 aromatic carbocycles. The van der Waals surface area contributed by atoms with E-state index in [1.165, 1.54) is 5.56 Å². The van der Waals surface area contributed by atoms with Crippen molar-refractivity contribution in [2.24, 2.45) is 0 Å². The number of benzene rings is 1. The maximum Gasteiger partial charge on any atom is 0.254 e. The quantitative estimate of drug-likeness (QED) is 0.730. The van der Waals surface area contributed by atoms with Crippen LogP contribution in [-0.4, -0.2) is 23.9 Å². The largest absolute Gasteiger partial charge is 0.339 e. The standard InChI is InChI=1S/C12H14INO/c1-9-5-4-6-10(11(9)13)12(15)14-7-2-3-8-14/h4-6H,2-3,7-8H2,1H3. The first kappa shape index (κ1) is 10.9. The Kier molecular flexibility index (Phi) is 3.29. The number of amides is 1. The number of aryl methyl sites for hydroxylation is 1. The van der Waals surface area contributed by atoms with Gasteiger partial charge >= 0.3 is 0 Å². The molecule has 2 rings (SSSR count). The van der Waals surface area contributed by atoms with Gasteiger partial charge in [-0.15, -0.1) is 0 Å². The molecule has 1 saturated heterocycles. The van der Waals surface area contributed by atoms with Crippen LogP contribution in [0.15, 0.2) is 18.2 Å². The van der Waals surface area contributed by atoms with E-state index in [0.717, 1.165) is 35.1 Å². The van der Waals surface area contributed by atoms with Crippen molar-refractivity contribution in [3.63, 3.8) is 0 Å². The molecule has 1 fully saturated rings. The van der Waals surface area contributed by atoms with Crippen molar-refractivity contribution in [1.82, 2.24) is 4.90 Å². The van der Waals surface area contributed by atoms with E-state index < -0.39 is 0 Å². The van der Waals surface area contributed by atoms with Gasteiger partial charge in [0.1, 0.15) is 0 Å². The topological polar surface area (TPSA) is 20.3 Å². The molecule has 0 N–H and O–H groups in total. The molecular weight excluding hydrogens is 301 g/mol. The van der Waals surface area contributed by atoms with Crippen molar-refractivity contribution in [3.8, 4) is 0 Å². The third-order valence-corrected chi connectivity index (χ3v) is 4.25. The summed E-state index contributed by atoms with van der Waals surface area (Å²) < 4.78 is 1.09. The van der Waals surface area contributed by atoms with Gasteiger partial charge in [-0.25, -0.2) is 0 Å². The summed E-state index contributed by atoms with van der Waals surface area (Å²) in [4.78, 5) is 14.1. The first-order valence-electron chi connectivity index (χ1n) is 5.24. The van der Waals surface area contributed by atoms with Crippen LogP contribution in [0, 0.1) is 10.5 Å². The Labute approximate surface area is 104 Å². The Morgan fingerprint density at radius 3 is 2.67 bits per heavy atom. The minimum absolute atomic E-state index is 0.195. The van der Waals surface area contributed by atoms with Crippen LogP contribution in [0.3, 0.4) is 0 Å². The number of rotatable bonds is 1. The fourth-order valence-electron chi connectivity index (χ4n) is 1.90. The van der Waals surface area contributed by atoms with Gasteiger partial charge in [-0.3, -0.25) is 4.79 Å². The monoisotopic (exact) mass is 315 g/mol. The molecule has 0 radical (unpaired) electrons. The maximum absolute atomic E-state index is 12.1. The molecule has 0 atom stereocenters. The summed E-state index contributed by atoms with van der Waals surface area (Å²) in [6.45, 7) is 3.88. The molecule has 1 heterocycles. The number of hydrogen-bond donors (Lipinski definition) is 0. The van der Waals surface area contributed by atoms with Crippen LogP contribution in [0.4, 0.5) is 0 Å². The molecule has 2 nitrogen and oxygen atoms in total. The molecule has 1 aliphatic rings. The number of nitrogens with zero attached hydrogens (tertiary/aromatic N) is 1. The van der Waals surface area contributed by atoms with Crippen LogP contribution in [0.2, 0.25) is 0 Å². The van der Waals surface area contributed by atoms with Crippen LogP contribution in [0.1, 0.15) is 28.8 Å². The predicted molar refractivity (Wildman–Crippen MR) is 69.0 cm³/mol. The van der Waals surface area contributed by atoms with Gasteiger partial charge in [0.15, 0.2) is 0 Å². The molecule has 0 aromatic heterocycles. The average molecular weight is 315 g/mol. The molecule has 1 amide bonds. The lowest BCUT2D eigenvalue weighted by atomic mass is 10.1. The summed E-state index contributed by atoms with van der Waals surface area (Å²) in [6, 6.07) is 5.93. The summed E-state index contributed by atoms with van der Waals surface area (Å²) in [5.41, 5.74) is 2.04. The number of likely N-dealkylation sites (tertiary alicyclic amines) is 1. The summed E-state index contributed by atoms with van der Waals surface area (Å²) in [5.74, 6) is 0.195. The van der Waals surface area contributed by atoms with Gasteiger partial charge in [0, 0.05) is 16.7 Å². The van der Waals surface area contributed by atoms with Crippen LogP contribution in [0.5, 0.6) is 0 Å². The van der Waals surface area contributed by atoms with E-state index in [2.05, 4.69) is 22.6 Å². The second-order valence-corrected chi connectivity index (χ2v) is 5.01. The lowest BCUT2D eigenvalue weighted by Crippen LogP contribution is -2.28. The van der Waals surface area contributed by atoms with E-state index >= 15 is 0 Å². The highest BCUT2D eigenvalue weighted by atomic mass is 127. The van der Waals surface area contributed by atoms with Crippen LogP contribution >= 0.6 is 22.6 Å². The Morgan fingerprint density at radius 2 is 2.00 bits per heavy atom. The van der Waals surface area contributed by atoms with Gasteiger partial charge in [0.25, 0.3) is 5.91 Å². The second-order valence-electron chi connectivity index (χ2n) is 3.94. The molecule has 0 unspecified atom stereocenters. The van der Waals surface area contributed by atoms with Crippen molar-refractivity contribution in [2.75, 3.05) is 13.1 Å². The normalized spacial score (nSPS) is 15.7. The Hall–Kier alpha value is -0.580. The third kappa shape index (κ3) is 2.17. The first-order chi connectivity index (χ1) is 7.20. The van der Waals surface area contributed by atoms with Gasteiger partial charge in [-0.2, -0.15) is 0 Å². The molecular formula is C12H14INO. The summed E-state index contributed by atoms with van der Waals surface area (Å²) in [5, 5.41) is 0. The van der Waals surface area contributed by atoms with Crippen molar-refractivity contribution < 1.29 is 4.79 Å². The second kappa shape index (κ2) is 4.51. The van der Waals surface area contributed by atoms with Gasteiger partial charge < -0.3 is 4.90 Å². The Morgan fingerprint density at radius 1 is 1.33 bits per heavy atom. The van der Waals surface area contributed by atoms with Gasteiger partial charge in [0.2, 0.25) is 0 Å². The van der Waals surface area contributed by atoms with E-state index in [0.29, 0.717) is 0 Å². The Balaban J connectivity index is 2.28. The van der Waals surface area contributed by atoms with Crippen molar-refractivity contribution >= 4 is 28.5 Å². The molecule has 1 aliphatic heterocycles. The molecule has 0 spiro atoms. The number of carbonyl (C=O) groups is 1. The smallest absolute Gasteiger partial charge is 0.254 e. The van der Waals surface area contributed by atoms with E-state index in [1.807, 2.05) is 30.0 Å². The first-order valence-corrected chi connectivity index (χ1v) is 6.32. The molecule has 3 heteroatoms. The maximum atomic E-state index is 12.1. The molecule has 0 aliphatic carbocycles. The van der Waals surface area contributed by atoms with Crippen LogP contribution in [0.25, 0.3) is 0 Å². The van der Waals surface area contributed by atoms with E-state index in [1.54, 1.807) is 0 Å². The minimum atomic E-state index is 0.195. The van der Waals surface area contributed by atoms with Gasteiger partial charge in [-0.1, -0.05) is 12.1 Å². The lowest BCUT2D eigenvalue weighted by molar-refractivity contribution is 0.0791. The zero-order valence-corrected chi connectivity index (χ0v) is 11.0. The summed E-state index contributed by atoms with van der Waals surface area (Å²) in [7, 11) is 0. The number of halogens is 1. The molecule has 15 heavy (non-hydrogen) atoms. The van der Waals surface area contributed by atoms with Gasteiger partial charge in [-0.05, 0) is 54.0 Å². The summed E-state index contributed by atoms with van der Waals surface area (Å²) >= 11 is 2.26. The average Bonchev–Trinajstić information content (AvgIpc) is 2.74. The van der Waals surface area contributed by atoms with Crippen molar-refractivity contribution in [3.05, 3.63) is 32.9 Å². The number of carbonyl (C=O) groups excluding carboxylic acids is 1. The molecule has 0 bridgehead atoms. The fourth-order valence-corrected chi connectivity index (χ4v) is 2.49. The minimum Gasteiger partial charge on any atom is -0.339 e. The fraction of sp³-hybridized carbons (Fsp3) is 0.417. The van der Waals surface area contributed by atoms with E-state index in [4.69, 9.17) is 0 Å². The predicted octanol–water partition coefficient (Wildman–Crippen LogP) is 2.84. The van der Waals surface area contributed by atoms with Crippen molar-refractivity contribution in [2.45, 2.75) is 19.8 Å². The SMILES string of the molecule is Cc1cccc(C(=O)N2CCCC2)c1I. The van der Waals surface area contributed by atoms with Gasteiger partial charge in [0.05, 0.1) is 5.56 Å². The molecule has 0 saturated carbocycles. The van der Waals surface area contributed by atoms with Crippen LogP contribution in [-0.2, 0) is 0 Å². The zero-order valence-electron chi connectivity index (χ0n) is 8.79. The highest BCUT2D eigenvalue weighted by Gasteiger charge is 2.21. The highest BCUT2D eigenvalue weighted by Crippen LogP contribution is 2.20. The van der Waals surface area contributed by atoms with Crippen molar-refractivity contribution in [1.29, 1.82) is 0 Å². The van der Waals surface area contributed by atoms with Crippen LogP contribution < -0.4 is 0 Å². The molecule has 80 valence electrons. The summed E-state index contributed by atoms with van der Waals surface area (Å²) in [6.07, 6.45) is 2.29. The number of hydrogen-bond acceptors (Lipinski definition) is 1. The zero-order chi connectivity index (χ0) is 10.8. The lowest BCUT2D eigenvalue weighted by Gasteiger charge is -2.16. The molecule has 1 aromatic rings. The van der Waals surface area contributed by atoms with E-state index in [-0.39, 0.29) is 5.91 Å². The Bertz CT molecular complexity index is 383. The highest BCUT2D eigenvalue weighted by molar-refractivity contribution is 14.1.